The van der Waals surface area contributed by atoms with Crippen molar-refractivity contribution in [2.75, 3.05) is 44.7 Å². The van der Waals surface area contributed by atoms with Crippen LogP contribution in [0, 0.1) is 0 Å². The van der Waals surface area contributed by atoms with Gasteiger partial charge in [-0.25, -0.2) is 4.98 Å². The molecule has 2 aliphatic heterocycles. The van der Waals surface area contributed by atoms with Crippen molar-refractivity contribution < 1.29 is 0 Å². The maximum Gasteiger partial charge on any atom is 0.191 e. The van der Waals surface area contributed by atoms with Crippen LogP contribution >= 0.6 is 11.3 Å². The summed E-state index contributed by atoms with van der Waals surface area (Å²) in [4.78, 5) is 15.4. The zero-order valence-corrected chi connectivity index (χ0v) is 18.1. The van der Waals surface area contributed by atoms with E-state index in [2.05, 4.69) is 60.1 Å². The lowest BCUT2D eigenvalue weighted by molar-refractivity contribution is 0.249. The van der Waals surface area contributed by atoms with E-state index in [0.717, 1.165) is 38.0 Å². The van der Waals surface area contributed by atoms with Gasteiger partial charge in [0.2, 0.25) is 0 Å². The molecule has 4 rings (SSSR count). The van der Waals surface area contributed by atoms with Gasteiger partial charge < -0.3 is 15.5 Å². The van der Waals surface area contributed by atoms with Crippen molar-refractivity contribution in [2.24, 2.45) is 4.99 Å². The number of rotatable bonds is 7. The van der Waals surface area contributed by atoms with Gasteiger partial charge in [-0.1, -0.05) is 12.1 Å². The number of nitrogens with zero attached hydrogens (tertiary/aromatic N) is 4. The van der Waals surface area contributed by atoms with Crippen LogP contribution in [0.1, 0.15) is 42.2 Å². The molecule has 0 amide bonds. The van der Waals surface area contributed by atoms with Crippen LogP contribution in [0.25, 0.3) is 0 Å². The smallest absolute Gasteiger partial charge is 0.191 e. The third-order valence-electron chi connectivity index (χ3n) is 5.84. The first-order chi connectivity index (χ1) is 14.3. The minimum atomic E-state index is 0.414. The molecule has 156 valence electrons. The number of nitrogens with one attached hydrogen (secondary N) is 2. The second kappa shape index (κ2) is 10.1. The van der Waals surface area contributed by atoms with E-state index in [1.54, 1.807) is 0 Å². The van der Waals surface area contributed by atoms with Crippen LogP contribution in [-0.4, -0.2) is 55.6 Å². The monoisotopic (exact) mass is 412 g/mol. The van der Waals surface area contributed by atoms with Crippen LogP contribution in [0.2, 0.25) is 0 Å². The standard InChI is InChI=1S/C22H32N6S/c1-23-22(25-16-18-8-9-21(24-15-18)28-12-4-5-13-28)26-17-19(20-7-6-14-29-20)27-10-2-3-11-27/h6-9,14-15,19H,2-5,10-13,16-17H2,1H3,(H2,23,25,26). The molecule has 4 heterocycles. The highest BCUT2D eigenvalue weighted by atomic mass is 32.1. The Morgan fingerprint density at radius 3 is 2.55 bits per heavy atom. The molecule has 1 atom stereocenters. The fraction of sp³-hybridized carbons (Fsp3) is 0.545. The van der Waals surface area contributed by atoms with Crippen LogP contribution in [0.4, 0.5) is 5.82 Å². The maximum absolute atomic E-state index is 4.65. The fourth-order valence-electron chi connectivity index (χ4n) is 4.20. The summed E-state index contributed by atoms with van der Waals surface area (Å²) in [5, 5.41) is 9.14. The lowest BCUT2D eigenvalue weighted by Gasteiger charge is -2.27. The van der Waals surface area contributed by atoms with Gasteiger partial charge in [0.05, 0.1) is 6.04 Å². The third kappa shape index (κ3) is 5.28. The van der Waals surface area contributed by atoms with E-state index in [-0.39, 0.29) is 0 Å². The molecule has 7 heteroatoms. The molecule has 0 bridgehead atoms. The number of hydrogen-bond acceptors (Lipinski definition) is 5. The Labute approximate surface area is 178 Å². The van der Waals surface area contributed by atoms with E-state index >= 15 is 0 Å². The zero-order chi connectivity index (χ0) is 19.9. The normalized spacial score (nSPS) is 18.9. The molecule has 2 aromatic rings. The van der Waals surface area contributed by atoms with E-state index in [4.69, 9.17) is 0 Å². The van der Waals surface area contributed by atoms with Gasteiger partial charge in [-0.2, -0.15) is 0 Å². The molecule has 1 unspecified atom stereocenters. The van der Waals surface area contributed by atoms with Gasteiger partial charge in [0.1, 0.15) is 5.82 Å². The molecule has 0 radical (unpaired) electrons. The molecule has 2 fully saturated rings. The summed E-state index contributed by atoms with van der Waals surface area (Å²) in [6, 6.07) is 9.12. The summed E-state index contributed by atoms with van der Waals surface area (Å²) in [7, 11) is 1.83. The first-order valence-corrected chi connectivity index (χ1v) is 11.6. The van der Waals surface area contributed by atoms with Crippen molar-refractivity contribution in [1.82, 2.24) is 20.5 Å². The summed E-state index contributed by atoms with van der Waals surface area (Å²) < 4.78 is 0. The lowest BCUT2D eigenvalue weighted by atomic mass is 10.2. The largest absolute Gasteiger partial charge is 0.357 e. The Bertz CT molecular complexity index is 761. The first kappa shape index (κ1) is 20.2. The Kier molecular flexibility index (Phi) is 7.00. The fourth-order valence-corrected chi connectivity index (χ4v) is 5.06. The van der Waals surface area contributed by atoms with Crippen LogP contribution in [0.15, 0.2) is 40.8 Å². The van der Waals surface area contributed by atoms with Crippen LogP contribution in [-0.2, 0) is 6.54 Å². The molecule has 2 N–H and O–H groups in total. The number of thiophene rings is 1. The van der Waals surface area contributed by atoms with Crippen molar-refractivity contribution in [2.45, 2.75) is 38.3 Å². The number of likely N-dealkylation sites (tertiary alicyclic amines) is 1. The van der Waals surface area contributed by atoms with Crippen LogP contribution in [0.3, 0.4) is 0 Å². The van der Waals surface area contributed by atoms with E-state index in [1.807, 2.05) is 24.6 Å². The van der Waals surface area contributed by atoms with Crippen LogP contribution < -0.4 is 15.5 Å². The van der Waals surface area contributed by atoms with Gasteiger partial charge in [0.25, 0.3) is 0 Å². The summed E-state index contributed by atoms with van der Waals surface area (Å²) in [6.07, 6.45) is 7.13. The number of pyridine rings is 1. The molecule has 6 nitrogen and oxygen atoms in total. The highest BCUT2D eigenvalue weighted by Crippen LogP contribution is 2.27. The second-order valence-electron chi connectivity index (χ2n) is 7.80. The summed E-state index contributed by atoms with van der Waals surface area (Å²) in [5.74, 6) is 1.94. The van der Waals surface area contributed by atoms with Gasteiger partial charge in [-0.3, -0.25) is 9.89 Å². The second-order valence-corrected chi connectivity index (χ2v) is 8.78. The Balaban J connectivity index is 1.29. The van der Waals surface area contributed by atoms with Gasteiger partial charge in [-0.15, -0.1) is 11.3 Å². The van der Waals surface area contributed by atoms with E-state index < -0.39 is 0 Å². The molecule has 0 aliphatic carbocycles. The molecular weight excluding hydrogens is 380 g/mol. The zero-order valence-electron chi connectivity index (χ0n) is 17.3. The van der Waals surface area contributed by atoms with Crippen LogP contribution in [0.5, 0.6) is 0 Å². The number of aliphatic imine (C=N–C) groups is 1. The molecule has 0 aromatic carbocycles. The molecule has 29 heavy (non-hydrogen) atoms. The molecule has 0 saturated carbocycles. The van der Waals surface area contributed by atoms with E-state index in [9.17, 15) is 0 Å². The molecule has 2 aliphatic rings. The SMILES string of the molecule is CN=C(NCc1ccc(N2CCCC2)nc1)NCC(c1cccs1)N1CCCC1. The van der Waals surface area contributed by atoms with Crippen molar-refractivity contribution in [3.05, 3.63) is 46.3 Å². The summed E-state index contributed by atoms with van der Waals surface area (Å²) in [5.41, 5.74) is 1.17. The van der Waals surface area contributed by atoms with Crippen molar-refractivity contribution >= 4 is 23.1 Å². The average molecular weight is 413 g/mol. The Hall–Kier alpha value is -2.12. The minimum absolute atomic E-state index is 0.414. The first-order valence-electron chi connectivity index (χ1n) is 10.8. The van der Waals surface area contributed by atoms with Gasteiger partial charge in [0.15, 0.2) is 5.96 Å². The summed E-state index contributed by atoms with van der Waals surface area (Å²) in [6.45, 7) is 6.22. The predicted octanol–water partition coefficient (Wildman–Crippen LogP) is 3.25. The average Bonchev–Trinajstić information content (AvgIpc) is 3.54. The van der Waals surface area contributed by atoms with E-state index in [1.165, 1.54) is 49.2 Å². The molecule has 2 saturated heterocycles. The van der Waals surface area contributed by atoms with Gasteiger partial charge in [0, 0.05) is 44.3 Å². The Morgan fingerprint density at radius 2 is 1.90 bits per heavy atom. The third-order valence-corrected chi connectivity index (χ3v) is 6.81. The molecule has 0 spiro atoms. The van der Waals surface area contributed by atoms with E-state index in [0.29, 0.717) is 6.04 Å². The van der Waals surface area contributed by atoms with Crippen molar-refractivity contribution in [3.63, 3.8) is 0 Å². The maximum atomic E-state index is 4.65. The number of hydrogen-bond donors (Lipinski definition) is 2. The van der Waals surface area contributed by atoms with Crippen molar-refractivity contribution in [3.8, 4) is 0 Å². The van der Waals surface area contributed by atoms with Crippen molar-refractivity contribution in [1.29, 1.82) is 0 Å². The predicted molar refractivity (Wildman–Crippen MR) is 122 cm³/mol. The number of aromatic nitrogens is 1. The highest BCUT2D eigenvalue weighted by molar-refractivity contribution is 7.10. The molecular formula is C22H32N6S. The number of guanidine groups is 1. The number of anilines is 1. The van der Waals surface area contributed by atoms with Gasteiger partial charge in [-0.05, 0) is 61.8 Å². The highest BCUT2D eigenvalue weighted by Gasteiger charge is 2.24. The topological polar surface area (TPSA) is 55.8 Å². The van der Waals surface area contributed by atoms with Gasteiger partial charge >= 0.3 is 0 Å². The molecule has 2 aromatic heterocycles. The Morgan fingerprint density at radius 1 is 1.10 bits per heavy atom. The minimum Gasteiger partial charge on any atom is -0.357 e. The lowest BCUT2D eigenvalue weighted by Crippen LogP contribution is -2.42. The summed E-state index contributed by atoms with van der Waals surface area (Å²) >= 11 is 1.84. The quantitative estimate of drug-likeness (QED) is 0.540.